The van der Waals surface area contributed by atoms with Crippen molar-refractivity contribution >= 4 is 54.1 Å². The van der Waals surface area contributed by atoms with Crippen LogP contribution in [0.3, 0.4) is 0 Å². The first-order valence-electron chi connectivity index (χ1n) is 14.1. The van der Waals surface area contributed by atoms with Gasteiger partial charge in [0.2, 0.25) is 0 Å². The van der Waals surface area contributed by atoms with Gasteiger partial charge in [0, 0.05) is 32.6 Å². The van der Waals surface area contributed by atoms with Gasteiger partial charge in [-0.05, 0) is 62.0 Å². The maximum atomic E-state index is 2.48. The Labute approximate surface area is 232 Å². The number of nitrogens with zero attached hydrogens (tertiary/aromatic N) is 1. The van der Waals surface area contributed by atoms with Gasteiger partial charge in [0.15, 0.2) is 0 Å². The molecule has 1 aliphatic rings. The predicted octanol–water partition coefficient (Wildman–Crippen LogP) is 10.5. The van der Waals surface area contributed by atoms with Gasteiger partial charge >= 0.3 is 0 Å². The van der Waals surface area contributed by atoms with Gasteiger partial charge in [0.25, 0.3) is 0 Å². The summed E-state index contributed by atoms with van der Waals surface area (Å²) in [6, 6.07) is 47.0. The second-order valence-corrected chi connectivity index (χ2v) is 11.7. The molecule has 1 heterocycles. The molecule has 0 saturated carbocycles. The molecule has 1 heteroatoms. The van der Waals surface area contributed by atoms with Crippen molar-refractivity contribution in [3.05, 3.63) is 139 Å². The zero-order chi connectivity index (χ0) is 26.6. The zero-order valence-electron chi connectivity index (χ0n) is 22.6. The Morgan fingerprint density at radius 1 is 0.475 bits per heavy atom. The van der Waals surface area contributed by atoms with E-state index in [0.717, 1.165) is 0 Å². The van der Waals surface area contributed by atoms with Crippen molar-refractivity contribution < 1.29 is 0 Å². The third-order valence-corrected chi connectivity index (χ3v) is 9.30. The Balaban J connectivity index is 1.67. The number of aromatic nitrogens is 1. The van der Waals surface area contributed by atoms with Crippen LogP contribution in [-0.2, 0) is 5.41 Å². The van der Waals surface area contributed by atoms with Crippen molar-refractivity contribution in [2.45, 2.75) is 19.3 Å². The molecule has 7 aromatic carbocycles. The highest BCUT2D eigenvalue weighted by Gasteiger charge is 2.39. The highest BCUT2D eigenvalue weighted by Crippen LogP contribution is 2.57. The van der Waals surface area contributed by atoms with E-state index in [4.69, 9.17) is 0 Å². The molecule has 1 aliphatic carbocycles. The summed E-state index contributed by atoms with van der Waals surface area (Å²) < 4.78 is 2.48. The third kappa shape index (κ3) is 2.58. The van der Waals surface area contributed by atoms with Crippen molar-refractivity contribution in [3.63, 3.8) is 0 Å². The van der Waals surface area contributed by atoms with E-state index in [0.29, 0.717) is 0 Å². The summed E-state index contributed by atoms with van der Waals surface area (Å²) in [4.78, 5) is 0. The molecule has 0 unspecified atom stereocenters. The third-order valence-electron chi connectivity index (χ3n) is 9.30. The molecule has 0 amide bonds. The lowest BCUT2D eigenvalue weighted by Crippen LogP contribution is -2.15. The fourth-order valence-corrected chi connectivity index (χ4v) is 7.75. The fourth-order valence-electron chi connectivity index (χ4n) is 7.75. The van der Waals surface area contributed by atoms with Gasteiger partial charge in [-0.3, -0.25) is 0 Å². The van der Waals surface area contributed by atoms with Gasteiger partial charge in [-0.2, -0.15) is 0 Å². The Bertz CT molecular complexity index is 2330. The van der Waals surface area contributed by atoms with Crippen molar-refractivity contribution in [2.75, 3.05) is 0 Å². The summed E-state index contributed by atoms with van der Waals surface area (Å²) in [5, 5.41) is 10.7. The van der Waals surface area contributed by atoms with Crippen molar-refractivity contribution in [3.8, 4) is 16.8 Å². The lowest BCUT2D eigenvalue weighted by atomic mass is 9.77. The fraction of sp³-hybridized carbons (Fsp3) is 0.0769. The molecule has 0 radical (unpaired) electrons. The Hall–Kier alpha value is -4.88. The van der Waals surface area contributed by atoms with E-state index in [9.17, 15) is 0 Å². The summed E-state index contributed by atoms with van der Waals surface area (Å²) in [7, 11) is 0. The van der Waals surface area contributed by atoms with Crippen LogP contribution in [0.15, 0.2) is 127 Å². The molecular formula is C39H27N. The van der Waals surface area contributed by atoms with E-state index in [-0.39, 0.29) is 5.41 Å². The lowest BCUT2D eigenvalue weighted by Gasteiger charge is -2.25. The van der Waals surface area contributed by atoms with Crippen LogP contribution in [-0.4, -0.2) is 4.57 Å². The molecule has 188 valence electrons. The maximum absolute atomic E-state index is 2.48. The Kier molecular flexibility index (Phi) is 4.18. The monoisotopic (exact) mass is 509 g/mol. The molecule has 0 atom stereocenters. The molecule has 0 aliphatic heterocycles. The highest BCUT2D eigenvalue weighted by atomic mass is 15.0. The maximum Gasteiger partial charge on any atom is 0.0626 e. The topological polar surface area (TPSA) is 4.93 Å². The van der Waals surface area contributed by atoms with Crippen molar-refractivity contribution in [1.82, 2.24) is 4.57 Å². The molecule has 40 heavy (non-hydrogen) atoms. The Morgan fingerprint density at radius 3 is 1.82 bits per heavy atom. The molecule has 0 N–H and O–H groups in total. The first-order chi connectivity index (χ1) is 19.7. The average Bonchev–Trinajstić information content (AvgIpc) is 3.47. The van der Waals surface area contributed by atoms with Crippen LogP contribution >= 0.6 is 0 Å². The standard InChI is InChI=1S/C39H27N/c1-39(2)31-22-12-10-20-29(31)33-25-16-6-7-17-26(25)34-35(37(33)39)27-18-8-9-19-28(27)38-36(34)30-21-11-13-23-32(30)40(38)24-14-4-3-5-15-24/h3-23H,1-2H3. The van der Waals surface area contributed by atoms with Gasteiger partial charge in [-0.1, -0.05) is 123 Å². The van der Waals surface area contributed by atoms with Crippen molar-refractivity contribution in [2.24, 2.45) is 0 Å². The molecule has 9 rings (SSSR count). The Morgan fingerprint density at radius 2 is 1.05 bits per heavy atom. The molecule has 0 fully saturated rings. The minimum atomic E-state index is -0.123. The van der Waals surface area contributed by atoms with Crippen LogP contribution in [0.1, 0.15) is 25.0 Å². The summed E-state index contributed by atoms with van der Waals surface area (Å²) in [5.41, 5.74) is 9.24. The zero-order valence-corrected chi connectivity index (χ0v) is 22.6. The van der Waals surface area contributed by atoms with Crippen LogP contribution in [0.5, 0.6) is 0 Å². The summed E-state index contributed by atoms with van der Waals surface area (Å²) in [6.45, 7) is 4.83. The molecule has 0 spiro atoms. The van der Waals surface area contributed by atoms with Crippen LogP contribution < -0.4 is 0 Å². The normalized spacial score (nSPS) is 13.9. The first kappa shape index (κ1) is 22.0. The van der Waals surface area contributed by atoms with E-state index in [1.165, 1.54) is 82.1 Å². The number of hydrogen-bond donors (Lipinski definition) is 0. The predicted molar refractivity (Wildman–Crippen MR) is 171 cm³/mol. The van der Waals surface area contributed by atoms with E-state index in [1.807, 2.05) is 0 Å². The van der Waals surface area contributed by atoms with E-state index >= 15 is 0 Å². The second-order valence-electron chi connectivity index (χ2n) is 11.7. The van der Waals surface area contributed by atoms with Crippen LogP contribution in [0.25, 0.3) is 70.9 Å². The second kappa shape index (κ2) is 7.61. The molecule has 0 bridgehead atoms. The first-order valence-corrected chi connectivity index (χ1v) is 14.1. The molecule has 0 saturated heterocycles. The molecular weight excluding hydrogens is 482 g/mol. The number of benzene rings is 7. The van der Waals surface area contributed by atoms with Gasteiger partial charge < -0.3 is 4.57 Å². The minimum absolute atomic E-state index is 0.123. The van der Waals surface area contributed by atoms with Crippen LogP contribution in [0, 0.1) is 0 Å². The molecule has 1 nitrogen and oxygen atoms in total. The van der Waals surface area contributed by atoms with Gasteiger partial charge in [-0.25, -0.2) is 0 Å². The summed E-state index contributed by atoms with van der Waals surface area (Å²) in [6.07, 6.45) is 0. The largest absolute Gasteiger partial charge is 0.309 e. The number of rotatable bonds is 1. The quantitative estimate of drug-likeness (QED) is 0.194. The van der Waals surface area contributed by atoms with E-state index in [1.54, 1.807) is 0 Å². The van der Waals surface area contributed by atoms with Crippen LogP contribution in [0.4, 0.5) is 0 Å². The lowest BCUT2D eigenvalue weighted by molar-refractivity contribution is 0.667. The number of fused-ring (bicyclic) bond motifs is 15. The van der Waals surface area contributed by atoms with Gasteiger partial charge in [0.1, 0.15) is 0 Å². The van der Waals surface area contributed by atoms with Crippen LogP contribution in [0.2, 0.25) is 0 Å². The van der Waals surface area contributed by atoms with Gasteiger partial charge in [-0.15, -0.1) is 0 Å². The average molecular weight is 510 g/mol. The van der Waals surface area contributed by atoms with Gasteiger partial charge in [0.05, 0.1) is 11.0 Å². The smallest absolute Gasteiger partial charge is 0.0626 e. The number of hydrogen-bond acceptors (Lipinski definition) is 0. The molecule has 8 aromatic rings. The molecule has 1 aromatic heterocycles. The highest BCUT2D eigenvalue weighted by molar-refractivity contribution is 6.39. The summed E-state index contributed by atoms with van der Waals surface area (Å²) in [5.74, 6) is 0. The number of para-hydroxylation sites is 2. The van der Waals surface area contributed by atoms with E-state index in [2.05, 4.69) is 146 Å². The van der Waals surface area contributed by atoms with Crippen molar-refractivity contribution in [1.29, 1.82) is 0 Å². The SMILES string of the molecule is CC1(C)c2ccccc2-c2c1c1c3ccccc3c3c(c4ccccc4n3-c3ccccc3)c1c1ccccc21. The van der Waals surface area contributed by atoms with E-state index < -0.39 is 0 Å². The minimum Gasteiger partial charge on any atom is -0.309 e. The summed E-state index contributed by atoms with van der Waals surface area (Å²) >= 11 is 0.